The zero-order valence-electron chi connectivity index (χ0n) is 15.8. The topological polar surface area (TPSA) is 93.5 Å². The molecule has 1 aliphatic rings. The molecule has 2 heterocycles. The van der Waals surface area contributed by atoms with Gasteiger partial charge in [0.2, 0.25) is 11.8 Å². The smallest absolute Gasteiger partial charge is 0.347 e. The van der Waals surface area contributed by atoms with E-state index in [4.69, 9.17) is 4.74 Å². The lowest BCUT2D eigenvalue weighted by Crippen LogP contribution is -2.39. The lowest BCUT2D eigenvalue weighted by molar-refractivity contribution is -0.131. The van der Waals surface area contributed by atoms with Crippen LogP contribution in [0.3, 0.4) is 0 Å². The van der Waals surface area contributed by atoms with Gasteiger partial charge in [-0.1, -0.05) is 12.1 Å². The summed E-state index contributed by atoms with van der Waals surface area (Å²) in [7, 11) is 1.61. The van der Waals surface area contributed by atoms with Crippen LogP contribution in [0.1, 0.15) is 24.8 Å². The van der Waals surface area contributed by atoms with Gasteiger partial charge in [-0.2, -0.15) is 0 Å². The molecule has 1 atom stereocenters. The maximum Gasteiger partial charge on any atom is 0.347 e. The molecule has 0 bridgehead atoms. The molecule has 3 rings (SSSR count). The monoisotopic (exact) mass is 384 g/mol. The summed E-state index contributed by atoms with van der Waals surface area (Å²) in [6, 6.07) is 9.16. The molecule has 148 valence electrons. The molecule has 1 saturated heterocycles. The molecule has 1 unspecified atom stereocenters. The Morgan fingerprint density at radius 2 is 2.14 bits per heavy atom. The van der Waals surface area contributed by atoms with Gasteiger partial charge < -0.3 is 15.0 Å². The van der Waals surface area contributed by atoms with Gasteiger partial charge in [-0.15, -0.1) is 0 Å². The van der Waals surface area contributed by atoms with Crippen LogP contribution in [0.2, 0.25) is 0 Å². The summed E-state index contributed by atoms with van der Waals surface area (Å²) in [5.41, 5.74) is 0.546. The van der Waals surface area contributed by atoms with E-state index in [1.54, 1.807) is 13.2 Å². The lowest BCUT2D eigenvalue weighted by Gasteiger charge is -2.21. The molecule has 0 radical (unpaired) electrons. The average molecular weight is 384 g/mol. The van der Waals surface area contributed by atoms with Crippen LogP contribution in [-0.2, 0) is 22.7 Å². The Labute approximate surface area is 163 Å². The zero-order chi connectivity index (χ0) is 19.9. The van der Waals surface area contributed by atoms with Crippen LogP contribution >= 0.6 is 0 Å². The number of hydrogen-bond donors (Lipinski definition) is 1. The maximum absolute atomic E-state index is 12.5. The van der Waals surface area contributed by atoms with Crippen molar-refractivity contribution >= 4 is 11.8 Å². The van der Waals surface area contributed by atoms with E-state index in [0.29, 0.717) is 32.4 Å². The second-order valence-electron chi connectivity index (χ2n) is 6.79. The lowest BCUT2D eigenvalue weighted by atomic mass is 10.1. The first-order valence-corrected chi connectivity index (χ1v) is 9.26. The van der Waals surface area contributed by atoms with Crippen molar-refractivity contribution in [3.8, 4) is 5.75 Å². The number of carbonyl (C=O) groups is 2. The fraction of sp³-hybridized carbons (Fsp3) is 0.400. The van der Waals surface area contributed by atoms with Gasteiger partial charge in [0.05, 0.1) is 7.11 Å². The van der Waals surface area contributed by atoms with Crippen molar-refractivity contribution < 1.29 is 14.3 Å². The first-order chi connectivity index (χ1) is 13.5. The highest BCUT2D eigenvalue weighted by molar-refractivity contribution is 5.78. The molecule has 1 aromatic heterocycles. The summed E-state index contributed by atoms with van der Waals surface area (Å²) >= 11 is 0. The predicted molar refractivity (Wildman–Crippen MR) is 103 cm³/mol. The summed E-state index contributed by atoms with van der Waals surface area (Å²) in [5.74, 6) is 0.576. The quantitative estimate of drug-likeness (QED) is 0.800. The minimum atomic E-state index is -0.460. The van der Waals surface area contributed by atoms with Crippen LogP contribution in [0.4, 0.5) is 0 Å². The molecule has 2 amide bonds. The normalized spacial score (nSPS) is 17.1. The molecule has 1 fully saturated rings. The Kier molecular flexibility index (Phi) is 6.41. The third-order valence-electron chi connectivity index (χ3n) is 4.78. The molecule has 1 N–H and O–H groups in total. The fourth-order valence-corrected chi connectivity index (χ4v) is 3.27. The number of amides is 2. The third-order valence-corrected chi connectivity index (χ3v) is 4.78. The highest BCUT2D eigenvalue weighted by atomic mass is 16.5. The maximum atomic E-state index is 12.5. The summed E-state index contributed by atoms with van der Waals surface area (Å²) in [6.45, 7) is 1.00. The number of hydrogen-bond acceptors (Lipinski definition) is 5. The number of methoxy groups -OCH3 is 1. The highest BCUT2D eigenvalue weighted by Gasteiger charge is 2.23. The van der Waals surface area contributed by atoms with Crippen molar-refractivity contribution in [2.24, 2.45) is 0 Å². The van der Waals surface area contributed by atoms with Gasteiger partial charge in [-0.3, -0.25) is 14.2 Å². The molecular weight excluding hydrogens is 360 g/mol. The van der Waals surface area contributed by atoms with Gasteiger partial charge in [0, 0.05) is 37.9 Å². The van der Waals surface area contributed by atoms with E-state index in [-0.39, 0.29) is 24.4 Å². The number of nitrogens with one attached hydrogen (secondary N) is 1. The van der Waals surface area contributed by atoms with E-state index >= 15 is 0 Å². The molecule has 0 saturated carbocycles. The van der Waals surface area contributed by atoms with Crippen molar-refractivity contribution in [3.63, 3.8) is 0 Å². The Morgan fingerprint density at radius 1 is 1.29 bits per heavy atom. The Bertz CT molecular complexity index is 896. The number of ether oxygens (including phenoxy) is 1. The molecule has 1 aliphatic heterocycles. The highest BCUT2D eigenvalue weighted by Crippen LogP contribution is 2.18. The number of likely N-dealkylation sites (tertiary alicyclic amines) is 1. The number of aromatic nitrogens is 2. The van der Waals surface area contributed by atoms with Gasteiger partial charge in [0.25, 0.3) is 0 Å². The van der Waals surface area contributed by atoms with Gasteiger partial charge in [0.15, 0.2) is 0 Å². The summed E-state index contributed by atoms with van der Waals surface area (Å²) in [6.07, 6.45) is 4.55. The van der Waals surface area contributed by atoms with Crippen LogP contribution in [-0.4, -0.2) is 46.0 Å². The van der Waals surface area contributed by atoms with Crippen LogP contribution in [0.25, 0.3) is 0 Å². The molecule has 8 heteroatoms. The van der Waals surface area contributed by atoms with E-state index in [0.717, 1.165) is 11.3 Å². The first kappa shape index (κ1) is 19.6. The number of carbonyl (C=O) groups excluding carboxylic acids is 2. The SMILES string of the molecule is COc1cccc(CN2CCC(NC(=O)Cn3cccnc3=O)CCC2=O)c1. The first-order valence-electron chi connectivity index (χ1n) is 9.26. The molecule has 0 aliphatic carbocycles. The standard InChI is InChI=1S/C20H24N4O4/c1-28-17-5-2-4-15(12-17)13-23-11-8-16(6-7-19(23)26)22-18(25)14-24-10-3-9-21-20(24)27/h2-5,9-10,12,16H,6-8,11,13-14H2,1H3,(H,22,25). The third kappa shape index (κ3) is 5.18. The summed E-state index contributed by atoms with van der Waals surface area (Å²) in [5, 5.41) is 2.93. The minimum absolute atomic E-state index is 0.0723. The number of rotatable bonds is 6. The zero-order valence-corrected chi connectivity index (χ0v) is 15.8. The van der Waals surface area contributed by atoms with Crippen LogP contribution in [0, 0.1) is 0 Å². The van der Waals surface area contributed by atoms with Crippen LogP contribution in [0.15, 0.2) is 47.5 Å². The Morgan fingerprint density at radius 3 is 2.93 bits per heavy atom. The van der Waals surface area contributed by atoms with Gasteiger partial charge in [-0.05, 0) is 36.6 Å². The molecule has 2 aromatic rings. The predicted octanol–water partition coefficient (Wildman–Crippen LogP) is 0.949. The van der Waals surface area contributed by atoms with Gasteiger partial charge in [0.1, 0.15) is 12.3 Å². The minimum Gasteiger partial charge on any atom is -0.497 e. The van der Waals surface area contributed by atoms with Crippen molar-refractivity contribution in [3.05, 3.63) is 58.8 Å². The van der Waals surface area contributed by atoms with Crippen molar-refractivity contribution in [2.75, 3.05) is 13.7 Å². The second kappa shape index (κ2) is 9.16. The molecule has 8 nitrogen and oxygen atoms in total. The van der Waals surface area contributed by atoms with Crippen molar-refractivity contribution in [2.45, 2.75) is 38.4 Å². The number of benzene rings is 1. The van der Waals surface area contributed by atoms with Crippen molar-refractivity contribution in [1.82, 2.24) is 19.8 Å². The van der Waals surface area contributed by atoms with E-state index in [2.05, 4.69) is 10.3 Å². The van der Waals surface area contributed by atoms with E-state index < -0.39 is 5.69 Å². The fourth-order valence-electron chi connectivity index (χ4n) is 3.27. The largest absolute Gasteiger partial charge is 0.497 e. The van der Waals surface area contributed by atoms with E-state index in [1.807, 2.05) is 29.2 Å². The molecule has 0 spiro atoms. The number of nitrogens with zero attached hydrogens (tertiary/aromatic N) is 3. The van der Waals surface area contributed by atoms with Gasteiger partial charge >= 0.3 is 5.69 Å². The Hall–Kier alpha value is -3.16. The average Bonchev–Trinajstić information content (AvgIpc) is 2.86. The van der Waals surface area contributed by atoms with Crippen molar-refractivity contribution in [1.29, 1.82) is 0 Å². The molecule has 1 aromatic carbocycles. The van der Waals surface area contributed by atoms with E-state index in [1.165, 1.54) is 17.0 Å². The molecular formula is C20H24N4O4. The molecule has 28 heavy (non-hydrogen) atoms. The van der Waals surface area contributed by atoms with E-state index in [9.17, 15) is 14.4 Å². The van der Waals surface area contributed by atoms with Crippen LogP contribution < -0.4 is 15.7 Å². The second-order valence-corrected chi connectivity index (χ2v) is 6.79. The van der Waals surface area contributed by atoms with Gasteiger partial charge in [-0.25, -0.2) is 9.78 Å². The summed E-state index contributed by atoms with van der Waals surface area (Å²) < 4.78 is 6.49. The van der Waals surface area contributed by atoms with Crippen LogP contribution in [0.5, 0.6) is 5.75 Å². The Balaban J connectivity index is 1.56. The summed E-state index contributed by atoms with van der Waals surface area (Å²) in [4.78, 5) is 41.8.